The normalized spacial score (nSPS) is 20.3. The third-order valence-corrected chi connectivity index (χ3v) is 4.38. The molecule has 1 fully saturated rings. The summed E-state index contributed by atoms with van der Waals surface area (Å²) in [5, 5.41) is 21.3. The van der Waals surface area contributed by atoms with Gasteiger partial charge in [-0.1, -0.05) is 29.8 Å². The highest BCUT2D eigenvalue weighted by molar-refractivity contribution is 5.80. The first-order valence-corrected chi connectivity index (χ1v) is 7.73. The van der Waals surface area contributed by atoms with E-state index in [1.807, 2.05) is 31.2 Å². The fourth-order valence-electron chi connectivity index (χ4n) is 2.70. The van der Waals surface area contributed by atoms with E-state index in [9.17, 15) is 14.7 Å². The highest BCUT2D eigenvalue weighted by Gasteiger charge is 2.42. The minimum atomic E-state index is -0.877. The Hall–Kier alpha value is -2.77. The molecular weight excluding hydrogens is 310 g/mol. The van der Waals surface area contributed by atoms with Crippen molar-refractivity contribution < 1.29 is 14.7 Å². The fourth-order valence-corrected chi connectivity index (χ4v) is 2.70. The fraction of sp³-hybridized carbons (Fsp3) is 0.438. The number of rotatable bonds is 4. The maximum atomic E-state index is 12.3. The molecule has 2 heterocycles. The molecule has 1 N–H and O–H groups in total. The average Bonchev–Trinajstić information content (AvgIpc) is 3.16. The molecule has 0 aliphatic carbocycles. The quantitative estimate of drug-likeness (QED) is 0.897. The van der Waals surface area contributed by atoms with Gasteiger partial charge < -0.3 is 10.0 Å². The van der Waals surface area contributed by atoms with E-state index in [4.69, 9.17) is 0 Å². The summed E-state index contributed by atoms with van der Waals surface area (Å²) in [5.41, 5.74) is 1.09. The predicted octanol–water partition coefficient (Wildman–Crippen LogP) is 0.972. The van der Waals surface area contributed by atoms with Crippen molar-refractivity contribution in [3.8, 4) is 11.4 Å². The summed E-state index contributed by atoms with van der Waals surface area (Å²) in [6.07, 6.45) is 0.452. The van der Waals surface area contributed by atoms with E-state index in [1.54, 1.807) is 11.8 Å². The van der Waals surface area contributed by atoms with Crippen LogP contribution in [0.2, 0.25) is 0 Å². The van der Waals surface area contributed by atoms with Crippen LogP contribution >= 0.6 is 0 Å². The Bertz CT molecular complexity index is 770. The second-order valence-electron chi connectivity index (χ2n) is 6.44. The largest absolute Gasteiger partial charge is 0.481 e. The van der Waals surface area contributed by atoms with Crippen LogP contribution in [0.4, 0.5) is 0 Å². The monoisotopic (exact) mass is 329 g/mol. The summed E-state index contributed by atoms with van der Waals surface area (Å²) < 4.78 is 0. The number of aromatic nitrogens is 4. The average molecular weight is 329 g/mol. The molecule has 3 rings (SSSR count). The zero-order chi connectivity index (χ0) is 17.3. The number of hydrogen-bond donors (Lipinski definition) is 1. The van der Waals surface area contributed by atoms with Crippen LogP contribution < -0.4 is 0 Å². The second kappa shape index (κ2) is 6.03. The van der Waals surface area contributed by atoms with E-state index in [1.165, 1.54) is 4.80 Å². The Morgan fingerprint density at radius 1 is 1.29 bits per heavy atom. The van der Waals surface area contributed by atoms with Crippen molar-refractivity contribution in [1.82, 2.24) is 25.1 Å². The van der Waals surface area contributed by atoms with Gasteiger partial charge in [0.05, 0.1) is 5.41 Å². The number of likely N-dealkylation sites (tertiary alicyclic amines) is 1. The number of aryl methyl sites for hydroxylation is 1. The molecule has 0 bridgehead atoms. The SMILES string of the molecule is Cc1ccc(-c2nnn(CC(=O)N3CCC(C)(C(=O)O)C3)n2)cc1. The second-order valence-corrected chi connectivity index (χ2v) is 6.44. The summed E-state index contributed by atoms with van der Waals surface area (Å²) in [7, 11) is 0. The maximum Gasteiger partial charge on any atom is 0.311 e. The maximum absolute atomic E-state index is 12.3. The molecule has 126 valence electrons. The lowest BCUT2D eigenvalue weighted by atomic mass is 9.90. The molecule has 1 unspecified atom stereocenters. The van der Waals surface area contributed by atoms with Crippen molar-refractivity contribution in [3.63, 3.8) is 0 Å². The summed E-state index contributed by atoms with van der Waals surface area (Å²) in [5.74, 6) is -0.620. The van der Waals surface area contributed by atoms with E-state index in [0.717, 1.165) is 11.1 Å². The molecule has 2 aromatic rings. The van der Waals surface area contributed by atoms with Crippen LogP contribution in [0.15, 0.2) is 24.3 Å². The molecule has 0 saturated carbocycles. The molecule has 1 saturated heterocycles. The third-order valence-electron chi connectivity index (χ3n) is 4.38. The van der Waals surface area contributed by atoms with Crippen LogP contribution in [0.25, 0.3) is 11.4 Å². The van der Waals surface area contributed by atoms with E-state index in [0.29, 0.717) is 18.8 Å². The number of nitrogens with zero attached hydrogens (tertiary/aromatic N) is 5. The first-order valence-electron chi connectivity index (χ1n) is 7.73. The van der Waals surface area contributed by atoms with E-state index < -0.39 is 11.4 Å². The van der Waals surface area contributed by atoms with Crippen molar-refractivity contribution in [3.05, 3.63) is 29.8 Å². The van der Waals surface area contributed by atoms with Crippen LogP contribution in [-0.4, -0.2) is 55.2 Å². The molecule has 1 aromatic carbocycles. The van der Waals surface area contributed by atoms with Crippen molar-refractivity contribution in [2.75, 3.05) is 13.1 Å². The van der Waals surface area contributed by atoms with Gasteiger partial charge in [-0.2, -0.15) is 4.80 Å². The summed E-state index contributed by atoms with van der Waals surface area (Å²) in [4.78, 5) is 26.4. The number of amides is 1. The molecular formula is C16H19N5O3. The molecule has 8 nitrogen and oxygen atoms in total. The number of benzene rings is 1. The Kier molecular flexibility index (Phi) is 4.04. The van der Waals surface area contributed by atoms with Gasteiger partial charge in [0.15, 0.2) is 0 Å². The van der Waals surface area contributed by atoms with Crippen molar-refractivity contribution in [2.24, 2.45) is 5.41 Å². The van der Waals surface area contributed by atoms with Crippen molar-refractivity contribution in [1.29, 1.82) is 0 Å². The van der Waals surface area contributed by atoms with E-state index in [2.05, 4.69) is 15.4 Å². The first-order chi connectivity index (χ1) is 11.4. The molecule has 1 aliphatic heterocycles. The van der Waals surface area contributed by atoms with Gasteiger partial charge in [0.25, 0.3) is 0 Å². The summed E-state index contributed by atoms with van der Waals surface area (Å²) in [6, 6.07) is 7.71. The third kappa shape index (κ3) is 3.12. The number of tetrazole rings is 1. The van der Waals surface area contributed by atoms with Gasteiger partial charge in [0, 0.05) is 18.7 Å². The van der Waals surface area contributed by atoms with Gasteiger partial charge in [-0.25, -0.2) is 0 Å². The van der Waals surface area contributed by atoms with Crippen LogP contribution in [0.3, 0.4) is 0 Å². The Morgan fingerprint density at radius 3 is 2.62 bits per heavy atom. The zero-order valence-electron chi connectivity index (χ0n) is 13.6. The Labute approximate surface area is 139 Å². The number of aliphatic carboxylic acids is 1. The lowest BCUT2D eigenvalue weighted by molar-refractivity contribution is -0.147. The van der Waals surface area contributed by atoms with Gasteiger partial charge >= 0.3 is 5.97 Å². The summed E-state index contributed by atoms with van der Waals surface area (Å²) >= 11 is 0. The van der Waals surface area contributed by atoms with Crippen molar-refractivity contribution in [2.45, 2.75) is 26.8 Å². The zero-order valence-corrected chi connectivity index (χ0v) is 13.6. The lowest BCUT2D eigenvalue weighted by Gasteiger charge is -2.19. The highest BCUT2D eigenvalue weighted by Crippen LogP contribution is 2.30. The minimum absolute atomic E-state index is 0.0471. The van der Waals surface area contributed by atoms with Gasteiger partial charge in [0.2, 0.25) is 11.7 Å². The molecule has 24 heavy (non-hydrogen) atoms. The number of carbonyl (C=O) groups is 2. The van der Waals surface area contributed by atoms with Crippen molar-refractivity contribution >= 4 is 11.9 Å². The molecule has 8 heteroatoms. The Morgan fingerprint density at radius 2 is 2.00 bits per heavy atom. The number of carboxylic acid groups (broad SMARTS) is 1. The Balaban J connectivity index is 1.66. The van der Waals surface area contributed by atoms with E-state index in [-0.39, 0.29) is 19.0 Å². The molecule has 0 radical (unpaired) electrons. The van der Waals surface area contributed by atoms with Crippen LogP contribution in [0, 0.1) is 12.3 Å². The number of carbonyl (C=O) groups excluding carboxylic acids is 1. The predicted molar refractivity (Wildman–Crippen MR) is 84.9 cm³/mol. The molecule has 1 atom stereocenters. The van der Waals surface area contributed by atoms with Crippen LogP contribution in [0.5, 0.6) is 0 Å². The van der Waals surface area contributed by atoms with Gasteiger partial charge in [0.1, 0.15) is 6.54 Å². The highest BCUT2D eigenvalue weighted by atomic mass is 16.4. The van der Waals surface area contributed by atoms with Gasteiger partial charge in [-0.3, -0.25) is 9.59 Å². The molecule has 0 spiro atoms. The lowest BCUT2D eigenvalue weighted by Crippen LogP contribution is -2.36. The smallest absolute Gasteiger partial charge is 0.311 e. The molecule has 1 aromatic heterocycles. The van der Waals surface area contributed by atoms with Gasteiger partial charge in [-0.15, -0.1) is 10.2 Å². The van der Waals surface area contributed by atoms with Crippen LogP contribution in [-0.2, 0) is 16.1 Å². The number of carboxylic acids is 1. The van der Waals surface area contributed by atoms with Gasteiger partial charge in [-0.05, 0) is 25.5 Å². The molecule has 1 amide bonds. The minimum Gasteiger partial charge on any atom is -0.481 e. The standard InChI is InChI=1S/C16H19N5O3/c1-11-3-5-12(6-4-11)14-17-19-21(18-14)9-13(22)20-8-7-16(2,10-20)15(23)24/h3-6H,7-10H2,1-2H3,(H,23,24). The summed E-state index contributed by atoms with van der Waals surface area (Å²) in [6.45, 7) is 4.25. The van der Waals surface area contributed by atoms with E-state index >= 15 is 0 Å². The number of hydrogen-bond acceptors (Lipinski definition) is 5. The van der Waals surface area contributed by atoms with Crippen LogP contribution in [0.1, 0.15) is 18.9 Å². The first kappa shape index (κ1) is 16.1. The topological polar surface area (TPSA) is 101 Å². The molecule has 1 aliphatic rings.